The SMILES string of the molecule is c1ccc(N(c2cccc(-c3ccc4c5c6ccccc6c6ccccc6c5n(-c5ccccc5)c4c3)c2)c2cc(N(c3ccccc3)c3ccccc3)c3ccccc3c2)cc1. The highest BCUT2D eigenvalue weighted by Crippen LogP contribution is 2.46. The van der Waals surface area contributed by atoms with E-state index >= 15 is 0 Å². The molecule has 0 N–H and O–H groups in total. The average molecular weight is 804 g/mol. The fourth-order valence-electron chi connectivity index (χ4n) is 9.72. The lowest BCUT2D eigenvalue weighted by Crippen LogP contribution is -2.13. The van der Waals surface area contributed by atoms with Crippen LogP contribution in [0.2, 0.25) is 0 Å². The van der Waals surface area contributed by atoms with E-state index in [1.54, 1.807) is 0 Å². The summed E-state index contributed by atoms with van der Waals surface area (Å²) in [6, 6.07) is 90.1. The molecule has 0 unspecified atom stereocenters. The fraction of sp³-hybridized carbons (Fsp3) is 0. The highest BCUT2D eigenvalue weighted by molar-refractivity contribution is 6.32. The van der Waals surface area contributed by atoms with Crippen LogP contribution in [0.5, 0.6) is 0 Å². The molecule has 0 atom stereocenters. The molecule has 3 nitrogen and oxygen atoms in total. The van der Waals surface area contributed by atoms with E-state index in [2.05, 4.69) is 263 Å². The van der Waals surface area contributed by atoms with E-state index in [-0.39, 0.29) is 0 Å². The van der Waals surface area contributed by atoms with Crippen molar-refractivity contribution < 1.29 is 0 Å². The Morgan fingerprint density at radius 2 is 0.794 bits per heavy atom. The maximum absolute atomic E-state index is 2.48. The molecule has 0 amide bonds. The van der Waals surface area contributed by atoms with E-state index in [1.807, 2.05) is 0 Å². The number of aromatic nitrogens is 1. The van der Waals surface area contributed by atoms with Gasteiger partial charge in [-0.05, 0) is 112 Å². The van der Waals surface area contributed by atoms with Crippen LogP contribution in [-0.2, 0) is 0 Å². The lowest BCUT2D eigenvalue weighted by Gasteiger charge is -2.31. The Hall–Kier alpha value is -8.40. The summed E-state index contributed by atoms with van der Waals surface area (Å²) in [5.41, 5.74) is 12.4. The Morgan fingerprint density at radius 3 is 1.46 bits per heavy atom. The van der Waals surface area contributed by atoms with Gasteiger partial charge in [-0.15, -0.1) is 0 Å². The van der Waals surface area contributed by atoms with Crippen LogP contribution >= 0.6 is 0 Å². The molecule has 11 aromatic carbocycles. The quantitative estimate of drug-likeness (QED) is 0.142. The van der Waals surface area contributed by atoms with E-state index in [1.165, 1.54) is 48.7 Å². The number of nitrogens with zero attached hydrogens (tertiary/aromatic N) is 3. The minimum absolute atomic E-state index is 1.07. The molecular weight excluding hydrogens is 763 g/mol. The summed E-state index contributed by atoms with van der Waals surface area (Å²) in [6.07, 6.45) is 0. The number of fused-ring (bicyclic) bond motifs is 9. The second kappa shape index (κ2) is 15.3. The van der Waals surface area contributed by atoms with Gasteiger partial charge in [-0.25, -0.2) is 0 Å². The molecule has 0 spiro atoms. The smallest absolute Gasteiger partial charge is 0.0625 e. The maximum atomic E-state index is 2.48. The average Bonchev–Trinajstić information content (AvgIpc) is 3.71. The molecular formula is C60H41N3. The van der Waals surface area contributed by atoms with E-state index in [0.717, 1.165) is 56.3 Å². The van der Waals surface area contributed by atoms with Gasteiger partial charge in [0.25, 0.3) is 0 Å². The number of hydrogen-bond donors (Lipinski definition) is 0. The first kappa shape index (κ1) is 36.5. The predicted molar refractivity (Wildman–Crippen MR) is 268 cm³/mol. The minimum atomic E-state index is 1.07. The Labute approximate surface area is 366 Å². The number of anilines is 6. The normalized spacial score (nSPS) is 11.5. The lowest BCUT2D eigenvalue weighted by molar-refractivity contribution is 1.19. The Balaban J connectivity index is 1.07. The molecule has 12 aromatic rings. The molecule has 1 aromatic heterocycles. The standard InChI is InChI=1S/C60H41N3/c1-5-22-45(23-6-1)61(50-39-44-20-13-14-31-51(44)58(41-50)62(46-24-7-2-8-25-46)47-26-9-3-10-27-47)49-30-19-21-42(38-49)43-36-37-56-57(40-43)63(48-28-11-4-12-29-48)60-55-35-18-16-33-53(55)52-32-15-17-34-54(52)59(56)60/h1-41H. The molecule has 0 aliphatic carbocycles. The maximum Gasteiger partial charge on any atom is 0.0625 e. The second-order valence-corrected chi connectivity index (χ2v) is 16.1. The molecule has 296 valence electrons. The predicted octanol–water partition coefficient (Wildman–Crippen LogP) is 16.8. The second-order valence-electron chi connectivity index (χ2n) is 16.1. The van der Waals surface area contributed by atoms with Gasteiger partial charge in [-0.3, -0.25) is 0 Å². The molecule has 0 aliphatic heterocycles. The molecule has 0 fully saturated rings. The Kier molecular flexibility index (Phi) is 8.83. The monoisotopic (exact) mass is 803 g/mol. The third-order valence-corrected chi connectivity index (χ3v) is 12.5. The molecule has 1 heterocycles. The minimum Gasteiger partial charge on any atom is -0.310 e. The zero-order valence-electron chi connectivity index (χ0n) is 34.5. The van der Waals surface area contributed by atoms with Crippen molar-refractivity contribution in [2.75, 3.05) is 9.80 Å². The Bertz CT molecular complexity index is 3580. The highest BCUT2D eigenvalue weighted by Gasteiger charge is 2.22. The van der Waals surface area contributed by atoms with Crippen molar-refractivity contribution in [2.45, 2.75) is 0 Å². The molecule has 0 aliphatic rings. The molecule has 0 radical (unpaired) electrons. The van der Waals surface area contributed by atoms with Gasteiger partial charge in [0.15, 0.2) is 0 Å². The van der Waals surface area contributed by atoms with Gasteiger partial charge in [-0.1, -0.05) is 170 Å². The van der Waals surface area contributed by atoms with Gasteiger partial charge in [0.1, 0.15) is 0 Å². The van der Waals surface area contributed by atoms with Crippen LogP contribution in [0.1, 0.15) is 0 Å². The van der Waals surface area contributed by atoms with E-state index in [4.69, 9.17) is 0 Å². The summed E-state index contributed by atoms with van der Waals surface area (Å²) in [5.74, 6) is 0. The first-order valence-electron chi connectivity index (χ1n) is 21.6. The van der Waals surface area contributed by atoms with Gasteiger partial charge in [-0.2, -0.15) is 0 Å². The first-order chi connectivity index (χ1) is 31.3. The van der Waals surface area contributed by atoms with Crippen LogP contribution in [0.4, 0.5) is 34.1 Å². The van der Waals surface area contributed by atoms with Gasteiger partial charge in [0.05, 0.1) is 16.7 Å². The largest absolute Gasteiger partial charge is 0.310 e. The van der Waals surface area contributed by atoms with Crippen molar-refractivity contribution in [2.24, 2.45) is 0 Å². The van der Waals surface area contributed by atoms with Gasteiger partial charge in [0, 0.05) is 55.7 Å². The van der Waals surface area contributed by atoms with Crippen molar-refractivity contribution in [3.8, 4) is 16.8 Å². The first-order valence-corrected chi connectivity index (χ1v) is 21.6. The topological polar surface area (TPSA) is 11.4 Å². The van der Waals surface area contributed by atoms with Crippen molar-refractivity contribution in [1.82, 2.24) is 4.57 Å². The van der Waals surface area contributed by atoms with Crippen molar-refractivity contribution in [3.63, 3.8) is 0 Å². The number of rotatable bonds is 8. The van der Waals surface area contributed by atoms with E-state index < -0.39 is 0 Å². The highest BCUT2D eigenvalue weighted by atomic mass is 15.2. The van der Waals surface area contributed by atoms with E-state index in [9.17, 15) is 0 Å². The molecule has 12 rings (SSSR count). The van der Waals surface area contributed by atoms with Crippen molar-refractivity contribution in [3.05, 3.63) is 249 Å². The summed E-state index contributed by atoms with van der Waals surface area (Å²) in [4.78, 5) is 4.77. The summed E-state index contributed by atoms with van der Waals surface area (Å²) >= 11 is 0. The number of para-hydroxylation sites is 4. The third-order valence-electron chi connectivity index (χ3n) is 12.5. The van der Waals surface area contributed by atoms with Crippen LogP contribution in [0.25, 0.3) is 70.9 Å². The van der Waals surface area contributed by atoms with E-state index in [0.29, 0.717) is 0 Å². The third kappa shape index (κ3) is 6.21. The molecule has 0 bridgehead atoms. The van der Waals surface area contributed by atoms with Crippen LogP contribution < -0.4 is 9.80 Å². The molecule has 0 saturated carbocycles. The van der Waals surface area contributed by atoms with Crippen LogP contribution in [-0.4, -0.2) is 4.57 Å². The van der Waals surface area contributed by atoms with Crippen molar-refractivity contribution >= 4 is 88.2 Å². The van der Waals surface area contributed by atoms with Crippen LogP contribution in [0.15, 0.2) is 249 Å². The molecule has 0 saturated heterocycles. The summed E-state index contributed by atoms with van der Waals surface area (Å²) in [6.45, 7) is 0. The summed E-state index contributed by atoms with van der Waals surface area (Å²) < 4.78 is 2.48. The summed E-state index contributed by atoms with van der Waals surface area (Å²) in [5, 5.41) is 9.93. The number of hydrogen-bond acceptors (Lipinski definition) is 2. The van der Waals surface area contributed by atoms with Gasteiger partial charge < -0.3 is 14.4 Å². The zero-order valence-corrected chi connectivity index (χ0v) is 34.5. The Morgan fingerprint density at radius 1 is 0.286 bits per heavy atom. The fourth-order valence-corrected chi connectivity index (χ4v) is 9.72. The molecule has 3 heteroatoms. The van der Waals surface area contributed by atoms with Gasteiger partial charge in [0.2, 0.25) is 0 Å². The lowest BCUT2D eigenvalue weighted by atomic mass is 9.96. The summed E-state index contributed by atoms with van der Waals surface area (Å²) in [7, 11) is 0. The van der Waals surface area contributed by atoms with Gasteiger partial charge >= 0.3 is 0 Å². The van der Waals surface area contributed by atoms with Crippen molar-refractivity contribution in [1.29, 1.82) is 0 Å². The number of benzene rings is 11. The van der Waals surface area contributed by atoms with Crippen LogP contribution in [0.3, 0.4) is 0 Å². The zero-order chi connectivity index (χ0) is 41.7. The molecule has 63 heavy (non-hydrogen) atoms. The van der Waals surface area contributed by atoms with Crippen LogP contribution in [0, 0.1) is 0 Å².